The van der Waals surface area contributed by atoms with Crippen LogP contribution in [-0.2, 0) is 0 Å². The summed E-state index contributed by atoms with van der Waals surface area (Å²) in [6.45, 7) is 0. The molecule has 60 valence electrons. The fourth-order valence-corrected chi connectivity index (χ4v) is 1.13. The molecule has 0 aliphatic carbocycles. The zero-order valence-corrected chi connectivity index (χ0v) is 6.86. The highest BCUT2D eigenvalue weighted by Crippen LogP contribution is 2.23. The van der Waals surface area contributed by atoms with Crippen molar-refractivity contribution < 1.29 is 8.78 Å². The van der Waals surface area contributed by atoms with Gasteiger partial charge in [-0.3, -0.25) is 4.79 Å². The number of alkyl halides is 2. The number of H-pyrrole nitrogens is 1. The molecule has 0 amide bonds. The lowest BCUT2D eigenvalue weighted by molar-refractivity contribution is 0.150. The molecule has 0 radical (unpaired) electrons. The molecule has 1 aromatic heterocycles. The van der Waals surface area contributed by atoms with E-state index in [1.54, 1.807) is 0 Å². The Labute approximate surface area is 69.4 Å². The first-order valence-corrected chi connectivity index (χ1v) is 3.57. The molecule has 0 atom stereocenters. The van der Waals surface area contributed by atoms with Crippen molar-refractivity contribution in [2.45, 2.75) is 6.43 Å². The number of pyridine rings is 1. The molecule has 0 aliphatic heterocycles. The summed E-state index contributed by atoms with van der Waals surface area (Å²) in [6.07, 6.45) is -2.57. The van der Waals surface area contributed by atoms with Crippen LogP contribution in [0.3, 0.4) is 0 Å². The smallest absolute Gasteiger partial charge is 0.266 e. The standard InChI is InChI=1S/C6H4BrF2NO/c7-5-3(6(8)9)1-2-4(11)10-5/h1-2,6H,(H,10,11). The van der Waals surface area contributed by atoms with Crippen LogP contribution in [0.4, 0.5) is 8.78 Å². The minimum atomic E-state index is -2.57. The third-order valence-electron chi connectivity index (χ3n) is 1.14. The number of aromatic amines is 1. The highest BCUT2D eigenvalue weighted by atomic mass is 79.9. The van der Waals surface area contributed by atoms with Crippen molar-refractivity contribution in [3.05, 3.63) is 32.7 Å². The maximum atomic E-state index is 12.0. The highest BCUT2D eigenvalue weighted by molar-refractivity contribution is 9.10. The highest BCUT2D eigenvalue weighted by Gasteiger charge is 2.10. The second kappa shape index (κ2) is 3.13. The Morgan fingerprint density at radius 2 is 2.09 bits per heavy atom. The van der Waals surface area contributed by atoms with Gasteiger partial charge in [0.25, 0.3) is 6.43 Å². The normalized spacial score (nSPS) is 10.5. The molecule has 0 spiro atoms. The zero-order valence-electron chi connectivity index (χ0n) is 5.27. The van der Waals surface area contributed by atoms with Crippen molar-refractivity contribution in [2.75, 3.05) is 0 Å². The van der Waals surface area contributed by atoms with Gasteiger partial charge in [0.05, 0.1) is 4.60 Å². The van der Waals surface area contributed by atoms with Crippen LogP contribution < -0.4 is 5.56 Å². The zero-order chi connectivity index (χ0) is 8.43. The molecule has 0 saturated heterocycles. The summed E-state index contributed by atoms with van der Waals surface area (Å²) in [5.74, 6) is 0. The molecule has 0 bridgehead atoms. The van der Waals surface area contributed by atoms with Crippen LogP contribution in [0.2, 0.25) is 0 Å². The van der Waals surface area contributed by atoms with Gasteiger partial charge in [0.15, 0.2) is 0 Å². The van der Waals surface area contributed by atoms with Gasteiger partial charge in [-0.2, -0.15) is 0 Å². The Morgan fingerprint density at radius 1 is 1.45 bits per heavy atom. The summed E-state index contributed by atoms with van der Waals surface area (Å²) >= 11 is 2.81. The SMILES string of the molecule is O=c1ccc(C(F)F)c(Br)[nH]1. The van der Waals surface area contributed by atoms with Gasteiger partial charge in [0.2, 0.25) is 5.56 Å². The topological polar surface area (TPSA) is 32.9 Å². The molecule has 11 heavy (non-hydrogen) atoms. The van der Waals surface area contributed by atoms with Crippen LogP contribution in [-0.4, -0.2) is 4.98 Å². The average Bonchev–Trinajstić information content (AvgIpc) is 1.85. The van der Waals surface area contributed by atoms with Gasteiger partial charge in [-0.25, -0.2) is 8.78 Å². The van der Waals surface area contributed by atoms with Gasteiger partial charge in [0, 0.05) is 11.6 Å². The lowest BCUT2D eigenvalue weighted by Crippen LogP contribution is -2.05. The molecule has 5 heteroatoms. The second-order valence-corrected chi connectivity index (χ2v) is 2.69. The van der Waals surface area contributed by atoms with Gasteiger partial charge in [-0.05, 0) is 22.0 Å². The van der Waals surface area contributed by atoms with Crippen LogP contribution in [0.1, 0.15) is 12.0 Å². The van der Waals surface area contributed by atoms with E-state index >= 15 is 0 Å². The van der Waals surface area contributed by atoms with Gasteiger partial charge >= 0.3 is 0 Å². The monoisotopic (exact) mass is 223 g/mol. The maximum Gasteiger partial charge on any atom is 0.266 e. The van der Waals surface area contributed by atoms with Gasteiger partial charge in [0.1, 0.15) is 0 Å². The number of hydrogen-bond donors (Lipinski definition) is 1. The third kappa shape index (κ3) is 1.86. The van der Waals surface area contributed by atoms with Crippen molar-refractivity contribution in [3.8, 4) is 0 Å². The summed E-state index contributed by atoms with van der Waals surface area (Å²) in [7, 11) is 0. The minimum absolute atomic E-state index is 0.0417. The lowest BCUT2D eigenvalue weighted by atomic mass is 10.3. The molecule has 0 saturated carbocycles. The summed E-state index contributed by atoms with van der Waals surface area (Å²) in [5.41, 5.74) is -0.606. The summed E-state index contributed by atoms with van der Waals surface area (Å²) < 4.78 is 24.1. The maximum absolute atomic E-state index is 12.0. The average molecular weight is 224 g/mol. The molecular formula is C6H4BrF2NO. The second-order valence-electron chi connectivity index (χ2n) is 1.89. The van der Waals surface area contributed by atoms with Crippen LogP contribution in [0, 0.1) is 0 Å². The molecular weight excluding hydrogens is 220 g/mol. The Hall–Kier alpha value is -0.710. The molecule has 1 heterocycles. The first-order chi connectivity index (χ1) is 5.11. The van der Waals surface area contributed by atoms with E-state index < -0.39 is 12.0 Å². The number of nitrogens with one attached hydrogen (secondary N) is 1. The molecule has 1 rings (SSSR count). The van der Waals surface area contributed by atoms with Crippen molar-refractivity contribution in [3.63, 3.8) is 0 Å². The predicted molar refractivity (Wildman–Crippen MR) is 39.7 cm³/mol. The van der Waals surface area contributed by atoms with Crippen LogP contribution >= 0.6 is 15.9 Å². The van der Waals surface area contributed by atoms with E-state index in [1.165, 1.54) is 0 Å². The largest absolute Gasteiger partial charge is 0.316 e. The molecule has 1 aromatic rings. The molecule has 0 unspecified atom stereocenters. The molecule has 0 aliphatic rings. The first kappa shape index (κ1) is 8.39. The minimum Gasteiger partial charge on any atom is -0.316 e. The van der Waals surface area contributed by atoms with E-state index in [-0.39, 0.29) is 10.2 Å². The van der Waals surface area contributed by atoms with E-state index in [0.717, 1.165) is 12.1 Å². The molecule has 0 fully saturated rings. The van der Waals surface area contributed by atoms with Crippen LogP contribution in [0.25, 0.3) is 0 Å². The first-order valence-electron chi connectivity index (χ1n) is 2.78. The molecule has 0 aromatic carbocycles. The number of rotatable bonds is 1. The summed E-state index contributed by atoms with van der Waals surface area (Å²) in [4.78, 5) is 12.7. The van der Waals surface area contributed by atoms with Gasteiger partial charge < -0.3 is 4.98 Å². The van der Waals surface area contributed by atoms with E-state index in [4.69, 9.17) is 0 Å². The van der Waals surface area contributed by atoms with E-state index in [0.29, 0.717) is 0 Å². The quantitative estimate of drug-likeness (QED) is 0.727. The Kier molecular flexibility index (Phi) is 2.38. The third-order valence-corrected chi connectivity index (χ3v) is 1.79. The van der Waals surface area contributed by atoms with E-state index in [9.17, 15) is 13.6 Å². The van der Waals surface area contributed by atoms with Crippen molar-refractivity contribution >= 4 is 15.9 Å². The predicted octanol–water partition coefficient (Wildman–Crippen LogP) is 2.08. The Morgan fingerprint density at radius 3 is 2.55 bits per heavy atom. The van der Waals surface area contributed by atoms with Crippen molar-refractivity contribution in [1.82, 2.24) is 4.98 Å². The van der Waals surface area contributed by atoms with Gasteiger partial charge in [-0.1, -0.05) is 0 Å². The fraction of sp³-hybridized carbons (Fsp3) is 0.167. The number of halogens is 3. The van der Waals surface area contributed by atoms with Crippen LogP contribution in [0.5, 0.6) is 0 Å². The number of aromatic nitrogens is 1. The number of hydrogen-bond acceptors (Lipinski definition) is 1. The van der Waals surface area contributed by atoms with E-state index in [2.05, 4.69) is 20.9 Å². The van der Waals surface area contributed by atoms with Crippen molar-refractivity contribution in [1.29, 1.82) is 0 Å². The van der Waals surface area contributed by atoms with Crippen molar-refractivity contribution in [2.24, 2.45) is 0 Å². The fourth-order valence-electron chi connectivity index (χ4n) is 0.629. The molecule has 2 nitrogen and oxygen atoms in total. The van der Waals surface area contributed by atoms with E-state index in [1.807, 2.05) is 0 Å². The van der Waals surface area contributed by atoms with Gasteiger partial charge in [-0.15, -0.1) is 0 Å². The Bertz CT molecular complexity index is 310. The summed E-state index contributed by atoms with van der Waals surface area (Å²) in [5, 5.41) is 0. The summed E-state index contributed by atoms with van der Waals surface area (Å²) in [6, 6.07) is 2.15. The van der Waals surface area contributed by atoms with Crippen LogP contribution in [0.15, 0.2) is 21.5 Å². The Balaban J connectivity index is 3.20. The molecule has 1 N–H and O–H groups in total. The lowest BCUT2D eigenvalue weighted by Gasteiger charge is -1.99.